The highest BCUT2D eigenvalue weighted by Crippen LogP contribution is 2.24. The molecule has 0 aliphatic rings. The van der Waals surface area contributed by atoms with E-state index in [1.807, 2.05) is 24.3 Å². The predicted octanol–water partition coefficient (Wildman–Crippen LogP) is 4.21. The van der Waals surface area contributed by atoms with Gasteiger partial charge in [0.05, 0.1) is 19.2 Å². The summed E-state index contributed by atoms with van der Waals surface area (Å²) in [4.78, 5) is 4.39. The van der Waals surface area contributed by atoms with Gasteiger partial charge in [-0.15, -0.1) is 0 Å². The Hall–Kier alpha value is -1.32. The molecule has 3 nitrogen and oxygen atoms in total. The first kappa shape index (κ1) is 14.1. The summed E-state index contributed by atoms with van der Waals surface area (Å²) in [5, 5.41) is 1.54. The zero-order chi connectivity index (χ0) is 13.7. The second kappa shape index (κ2) is 6.73. The molecule has 0 spiro atoms. The molecule has 0 unspecified atom stereocenters. The summed E-state index contributed by atoms with van der Waals surface area (Å²) >= 11 is 6.18. The number of rotatable bonds is 6. The van der Waals surface area contributed by atoms with Gasteiger partial charge in [0.25, 0.3) is 0 Å². The monoisotopic (exact) mass is 279 g/mol. The highest BCUT2D eigenvalue weighted by Gasteiger charge is 2.06. The molecule has 19 heavy (non-hydrogen) atoms. The van der Waals surface area contributed by atoms with Gasteiger partial charge in [0, 0.05) is 23.6 Å². The molecule has 0 aliphatic carbocycles. The molecule has 0 saturated heterocycles. The Balaban J connectivity index is 2.19. The molecule has 0 fully saturated rings. The number of fused-ring (bicyclic) bond motifs is 1. The third-order valence-corrected chi connectivity index (χ3v) is 3.28. The van der Waals surface area contributed by atoms with Gasteiger partial charge >= 0.3 is 0 Å². The van der Waals surface area contributed by atoms with Gasteiger partial charge in [-0.3, -0.25) is 0 Å². The fourth-order valence-corrected chi connectivity index (χ4v) is 2.02. The average molecular weight is 280 g/mol. The Kier molecular flexibility index (Phi) is 5.00. The second-order valence-corrected chi connectivity index (χ2v) is 4.76. The smallest absolute Gasteiger partial charge is 0.135 e. The highest BCUT2D eigenvalue weighted by molar-refractivity contribution is 6.30. The molecule has 0 radical (unpaired) electrons. The van der Waals surface area contributed by atoms with Crippen molar-refractivity contribution in [1.82, 2.24) is 4.98 Å². The number of ether oxygens (including phenoxy) is 2. The molecule has 1 heterocycles. The van der Waals surface area contributed by atoms with Crippen molar-refractivity contribution in [3.63, 3.8) is 0 Å². The first-order valence-corrected chi connectivity index (χ1v) is 6.83. The van der Waals surface area contributed by atoms with Gasteiger partial charge < -0.3 is 9.47 Å². The van der Waals surface area contributed by atoms with Crippen LogP contribution < -0.4 is 4.74 Å². The van der Waals surface area contributed by atoms with Crippen LogP contribution in [0.5, 0.6) is 5.75 Å². The molecule has 0 atom stereocenters. The number of pyridine rings is 1. The third kappa shape index (κ3) is 3.58. The number of hydrogen-bond donors (Lipinski definition) is 0. The van der Waals surface area contributed by atoms with Crippen LogP contribution in [-0.4, -0.2) is 18.7 Å². The molecule has 0 aliphatic heterocycles. The molecular weight excluding hydrogens is 262 g/mol. The summed E-state index contributed by atoms with van der Waals surface area (Å²) in [6, 6.07) is 7.80. The summed E-state index contributed by atoms with van der Waals surface area (Å²) in [7, 11) is 1.64. The maximum atomic E-state index is 6.18. The van der Waals surface area contributed by atoms with E-state index in [0.717, 1.165) is 41.7 Å². The van der Waals surface area contributed by atoms with E-state index >= 15 is 0 Å². The first-order chi connectivity index (χ1) is 9.24. The Morgan fingerprint density at radius 1 is 1.26 bits per heavy atom. The van der Waals surface area contributed by atoms with Gasteiger partial charge in [-0.25, -0.2) is 4.98 Å². The van der Waals surface area contributed by atoms with Crippen molar-refractivity contribution in [1.29, 1.82) is 0 Å². The van der Waals surface area contributed by atoms with E-state index in [0.29, 0.717) is 11.8 Å². The van der Waals surface area contributed by atoms with Crippen molar-refractivity contribution in [2.75, 3.05) is 13.7 Å². The van der Waals surface area contributed by atoms with Crippen LogP contribution in [0.15, 0.2) is 24.3 Å². The van der Waals surface area contributed by atoms with Gasteiger partial charge in [0.2, 0.25) is 0 Å². The normalized spacial score (nSPS) is 10.9. The van der Waals surface area contributed by atoms with E-state index in [4.69, 9.17) is 21.1 Å². The van der Waals surface area contributed by atoms with Crippen LogP contribution in [0.4, 0.5) is 0 Å². The Bertz CT molecular complexity index is 557. The molecule has 0 N–H and O–H groups in total. The number of methoxy groups -OCH3 is 1. The lowest BCUT2D eigenvalue weighted by Gasteiger charge is -2.08. The standard InChI is InChI=1S/C15H18ClNO2/c1-3-4-7-19-10-12-8-11-5-6-13(18-2)9-14(11)17-15(12)16/h5-6,8-9H,3-4,7,10H2,1-2H3. The largest absolute Gasteiger partial charge is 0.497 e. The number of unbranched alkanes of at least 4 members (excludes halogenated alkanes) is 1. The second-order valence-electron chi connectivity index (χ2n) is 4.40. The van der Waals surface area contributed by atoms with Gasteiger partial charge in [0.15, 0.2) is 0 Å². The Labute approximate surface area is 118 Å². The van der Waals surface area contributed by atoms with Crippen LogP contribution >= 0.6 is 11.6 Å². The summed E-state index contributed by atoms with van der Waals surface area (Å²) in [6.45, 7) is 3.41. The number of nitrogens with zero attached hydrogens (tertiary/aromatic N) is 1. The van der Waals surface area contributed by atoms with Crippen molar-refractivity contribution in [2.45, 2.75) is 26.4 Å². The summed E-state index contributed by atoms with van der Waals surface area (Å²) in [5.74, 6) is 0.781. The van der Waals surface area contributed by atoms with Crippen LogP contribution in [0.2, 0.25) is 5.15 Å². The molecule has 2 rings (SSSR count). The van der Waals surface area contributed by atoms with Gasteiger partial charge in [-0.05, 0) is 24.6 Å². The molecule has 1 aromatic heterocycles. The molecule has 2 aromatic rings. The van der Waals surface area contributed by atoms with Crippen LogP contribution in [0, 0.1) is 0 Å². The van der Waals surface area contributed by atoms with E-state index in [1.165, 1.54) is 0 Å². The lowest BCUT2D eigenvalue weighted by Crippen LogP contribution is -1.97. The lowest BCUT2D eigenvalue weighted by atomic mass is 10.1. The first-order valence-electron chi connectivity index (χ1n) is 6.45. The predicted molar refractivity (Wildman–Crippen MR) is 77.9 cm³/mol. The molecule has 0 bridgehead atoms. The molecule has 0 saturated carbocycles. The van der Waals surface area contributed by atoms with Crippen molar-refractivity contribution >= 4 is 22.5 Å². The fourth-order valence-electron chi connectivity index (χ4n) is 1.82. The number of benzene rings is 1. The van der Waals surface area contributed by atoms with Crippen molar-refractivity contribution < 1.29 is 9.47 Å². The van der Waals surface area contributed by atoms with Crippen LogP contribution in [-0.2, 0) is 11.3 Å². The van der Waals surface area contributed by atoms with E-state index in [2.05, 4.69) is 11.9 Å². The molecule has 1 aromatic carbocycles. The minimum absolute atomic E-state index is 0.497. The fraction of sp³-hybridized carbons (Fsp3) is 0.400. The zero-order valence-corrected chi connectivity index (χ0v) is 12.0. The minimum atomic E-state index is 0.497. The van der Waals surface area contributed by atoms with Gasteiger partial charge in [-0.2, -0.15) is 0 Å². The topological polar surface area (TPSA) is 31.4 Å². The van der Waals surface area contributed by atoms with Crippen LogP contribution in [0.3, 0.4) is 0 Å². The maximum Gasteiger partial charge on any atom is 0.135 e. The summed E-state index contributed by atoms with van der Waals surface area (Å²) < 4.78 is 10.8. The lowest BCUT2D eigenvalue weighted by molar-refractivity contribution is 0.118. The van der Waals surface area contributed by atoms with E-state index < -0.39 is 0 Å². The minimum Gasteiger partial charge on any atom is -0.497 e. The molecule has 102 valence electrons. The number of aromatic nitrogens is 1. The molecular formula is C15H18ClNO2. The molecule has 4 heteroatoms. The highest BCUT2D eigenvalue weighted by atomic mass is 35.5. The van der Waals surface area contributed by atoms with Crippen molar-refractivity contribution in [3.05, 3.63) is 35.0 Å². The number of halogens is 1. The average Bonchev–Trinajstić information content (AvgIpc) is 2.43. The zero-order valence-electron chi connectivity index (χ0n) is 11.3. The van der Waals surface area contributed by atoms with E-state index in [1.54, 1.807) is 7.11 Å². The maximum absolute atomic E-state index is 6.18. The van der Waals surface area contributed by atoms with Crippen LogP contribution in [0.25, 0.3) is 10.9 Å². The Morgan fingerprint density at radius 2 is 2.11 bits per heavy atom. The van der Waals surface area contributed by atoms with Gasteiger partial charge in [0.1, 0.15) is 10.9 Å². The van der Waals surface area contributed by atoms with Crippen molar-refractivity contribution in [3.8, 4) is 5.75 Å². The quantitative estimate of drug-likeness (QED) is 0.586. The molecule has 0 amide bonds. The SMILES string of the molecule is CCCCOCc1cc2ccc(OC)cc2nc1Cl. The van der Waals surface area contributed by atoms with Gasteiger partial charge in [-0.1, -0.05) is 24.9 Å². The van der Waals surface area contributed by atoms with Crippen molar-refractivity contribution in [2.24, 2.45) is 0 Å². The van der Waals surface area contributed by atoms with E-state index in [-0.39, 0.29) is 0 Å². The summed E-state index contributed by atoms with van der Waals surface area (Å²) in [6.07, 6.45) is 2.19. The van der Waals surface area contributed by atoms with E-state index in [9.17, 15) is 0 Å². The Morgan fingerprint density at radius 3 is 2.84 bits per heavy atom. The van der Waals surface area contributed by atoms with Crippen LogP contribution in [0.1, 0.15) is 25.3 Å². The number of hydrogen-bond acceptors (Lipinski definition) is 3. The summed E-state index contributed by atoms with van der Waals surface area (Å²) in [5.41, 5.74) is 1.76. The third-order valence-electron chi connectivity index (χ3n) is 2.95.